The molecule has 0 bridgehead atoms. The molecule has 2 heterocycles. The van der Waals surface area contributed by atoms with Crippen LogP contribution in [0.5, 0.6) is 0 Å². The molecule has 66 heavy (non-hydrogen) atoms. The quantitative estimate of drug-likeness (QED) is 0.160. The summed E-state index contributed by atoms with van der Waals surface area (Å²) in [6, 6.07) is 80.6. The van der Waals surface area contributed by atoms with Gasteiger partial charge in [0.2, 0.25) is 0 Å². The van der Waals surface area contributed by atoms with E-state index in [0.717, 1.165) is 50.2 Å². The lowest BCUT2D eigenvalue weighted by atomic mass is 9.82. The van der Waals surface area contributed by atoms with Crippen molar-refractivity contribution < 1.29 is 0 Å². The van der Waals surface area contributed by atoms with E-state index in [1.807, 2.05) is 18.5 Å². The summed E-state index contributed by atoms with van der Waals surface area (Å²) < 4.78 is 0. The number of nitrogens with zero attached hydrogens (tertiary/aromatic N) is 3. The maximum atomic E-state index is 5.22. The van der Waals surface area contributed by atoms with Crippen LogP contribution in [-0.2, 0) is 0 Å². The van der Waals surface area contributed by atoms with Gasteiger partial charge in [-0.3, -0.25) is 4.98 Å². The number of benzene rings is 10. The van der Waals surface area contributed by atoms with E-state index >= 15 is 0 Å². The first-order chi connectivity index (χ1) is 32.7. The van der Waals surface area contributed by atoms with E-state index in [4.69, 9.17) is 9.97 Å². The van der Waals surface area contributed by atoms with Crippen molar-refractivity contribution in [1.82, 2.24) is 15.0 Å². The smallest absolute Gasteiger partial charge is 0.160 e. The van der Waals surface area contributed by atoms with E-state index in [2.05, 4.69) is 223 Å². The number of aromatic nitrogens is 3. The molecular formula is C63H39N3. The molecule has 0 aliphatic heterocycles. The van der Waals surface area contributed by atoms with Gasteiger partial charge in [0.05, 0.1) is 11.4 Å². The third-order valence-electron chi connectivity index (χ3n) is 13.3. The summed E-state index contributed by atoms with van der Waals surface area (Å²) in [5.74, 6) is 0.685. The fraction of sp³-hybridized carbons (Fsp3) is 0. The number of pyridine rings is 1. The molecule has 3 nitrogen and oxygen atoms in total. The second kappa shape index (κ2) is 15.5. The van der Waals surface area contributed by atoms with E-state index in [9.17, 15) is 0 Å². The first-order valence-corrected chi connectivity index (χ1v) is 22.5. The zero-order valence-corrected chi connectivity index (χ0v) is 35.9. The van der Waals surface area contributed by atoms with Gasteiger partial charge in [-0.1, -0.05) is 218 Å². The molecule has 0 fully saturated rings. The molecule has 0 atom stereocenters. The monoisotopic (exact) mass is 837 g/mol. The average molecular weight is 838 g/mol. The number of fused-ring (bicyclic) bond motifs is 5. The summed E-state index contributed by atoms with van der Waals surface area (Å²) in [5, 5.41) is 7.37. The minimum atomic E-state index is 0.685. The maximum Gasteiger partial charge on any atom is 0.160 e. The number of rotatable bonds is 7. The van der Waals surface area contributed by atoms with Crippen molar-refractivity contribution in [1.29, 1.82) is 0 Å². The molecule has 0 spiro atoms. The molecule has 0 unspecified atom stereocenters. The van der Waals surface area contributed by atoms with Crippen LogP contribution in [0.2, 0.25) is 0 Å². The Labute approximate surface area is 383 Å². The fourth-order valence-corrected chi connectivity index (χ4v) is 10.3. The molecule has 10 aromatic carbocycles. The topological polar surface area (TPSA) is 38.7 Å². The second-order valence-corrected chi connectivity index (χ2v) is 17.1. The van der Waals surface area contributed by atoms with Crippen molar-refractivity contribution >= 4 is 32.3 Å². The first-order valence-electron chi connectivity index (χ1n) is 22.5. The van der Waals surface area contributed by atoms with Gasteiger partial charge in [0.15, 0.2) is 5.82 Å². The summed E-state index contributed by atoms with van der Waals surface area (Å²) in [7, 11) is 0. The lowest BCUT2D eigenvalue weighted by Gasteiger charge is -2.20. The van der Waals surface area contributed by atoms with E-state index in [-0.39, 0.29) is 0 Å². The van der Waals surface area contributed by atoms with E-state index in [0.29, 0.717) is 5.82 Å². The van der Waals surface area contributed by atoms with Crippen LogP contribution in [0, 0.1) is 0 Å². The average Bonchev–Trinajstić information content (AvgIpc) is 3.73. The Morgan fingerprint density at radius 1 is 0.258 bits per heavy atom. The van der Waals surface area contributed by atoms with E-state index < -0.39 is 0 Å². The zero-order valence-electron chi connectivity index (χ0n) is 35.9. The Kier molecular flexibility index (Phi) is 8.85. The Morgan fingerprint density at radius 3 is 1.33 bits per heavy atom. The molecule has 12 aromatic rings. The molecule has 13 rings (SSSR count). The number of hydrogen-bond donors (Lipinski definition) is 0. The van der Waals surface area contributed by atoms with Crippen molar-refractivity contribution in [2.75, 3.05) is 0 Å². The molecule has 0 amide bonds. The molecule has 0 N–H and O–H groups in total. The molecule has 306 valence electrons. The van der Waals surface area contributed by atoms with Gasteiger partial charge in [-0.15, -0.1) is 0 Å². The van der Waals surface area contributed by atoms with Crippen LogP contribution >= 0.6 is 0 Å². The van der Waals surface area contributed by atoms with Crippen molar-refractivity contribution in [2.45, 2.75) is 0 Å². The van der Waals surface area contributed by atoms with Gasteiger partial charge in [0.25, 0.3) is 0 Å². The highest BCUT2D eigenvalue weighted by atomic mass is 14.9. The number of hydrogen-bond acceptors (Lipinski definition) is 3. The predicted octanol–water partition coefficient (Wildman–Crippen LogP) is 16.6. The van der Waals surface area contributed by atoms with Crippen LogP contribution in [0.1, 0.15) is 0 Å². The molecule has 3 heteroatoms. The largest absolute Gasteiger partial charge is 0.263 e. The van der Waals surface area contributed by atoms with Crippen LogP contribution < -0.4 is 0 Å². The predicted molar refractivity (Wildman–Crippen MR) is 275 cm³/mol. The van der Waals surface area contributed by atoms with Gasteiger partial charge in [-0.05, 0) is 94.2 Å². The summed E-state index contributed by atoms with van der Waals surface area (Å²) in [4.78, 5) is 14.9. The lowest BCUT2D eigenvalue weighted by Crippen LogP contribution is -1.96. The molecule has 1 aliphatic carbocycles. The Bertz CT molecular complexity index is 3730. The van der Waals surface area contributed by atoms with E-state index in [1.54, 1.807) is 0 Å². The summed E-state index contributed by atoms with van der Waals surface area (Å²) in [5.41, 5.74) is 19.5. The Morgan fingerprint density at radius 2 is 0.712 bits per heavy atom. The summed E-state index contributed by atoms with van der Waals surface area (Å²) in [6.07, 6.45) is 3.87. The fourth-order valence-electron chi connectivity index (χ4n) is 10.3. The second-order valence-electron chi connectivity index (χ2n) is 17.1. The molecule has 0 saturated heterocycles. The minimum absolute atomic E-state index is 0.685. The van der Waals surface area contributed by atoms with Crippen LogP contribution in [0.15, 0.2) is 237 Å². The molecule has 0 radical (unpaired) electrons. The SMILES string of the molecule is c1ccc(-c2cc(-c3ccc(-c4cncc5ccccc45)cc3)nc(-c3ccc(-c4ccc5c6c(cccc46)-c4c-5c(-c5ccccc5)c5ccccc5c4-c4ccccc4)cc3)n2)cc1. The van der Waals surface area contributed by atoms with Crippen molar-refractivity contribution in [3.8, 4) is 101 Å². The van der Waals surface area contributed by atoms with Gasteiger partial charge in [0.1, 0.15) is 0 Å². The summed E-state index contributed by atoms with van der Waals surface area (Å²) in [6.45, 7) is 0. The van der Waals surface area contributed by atoms with Gasteiger partial charge in [-0.25, -0.2) is 9.97 Å². The van der Waals surface area contributed by atoms with Gasteiger partial charge in [-0.2, -0.15) is 0 Å². The third-order valence-corrected chi connectivity index (χ3v) is 13.3. The van der Waals surface area contributed by atoms with Crippen molar-refractivity contribution in [3.63, 3.8) is 0 Å². The third kappa shape index (κ3) is 6.17. The van der Waals surface area contributed by atoms with E-state index in [1.165, 1.54) is 77.0 Å². The standard InChI is InChI=1S/C63H39N3/c1-4-15-42(16-5-1)56-37-57(43-31-27-41(28-32-43)55-39-64-38-47-21-10-11-22-48(47)55)66-63(65-56)46-33-29-40(30-34-46)49-35-36-54-60-50(49)25-14-26-53(60)61-58(44-17-6-2-7-18-44)51-23-12-13-24-52(51)59(62(54)61)45-19-8-3-9-20-45/h1-39H. The van der Waals surface area contributed by atoms with Crippen molar-refractivity contribution in [2.24, 2.45) is 0 Å². The minimum Gasteiger partial charge on any atom is -0.263 e. The highest BCUT2D eigenvalue weighted by molar-refractivity contribution is 6.28. The maximum absolute atomic E-state index is 5.22. The highest BCUT2D eigenvalue weighted by Gasteiger charge is 2.31. The first kappa shape index (κ1) is 37.7. The van der Waals surface area contributed by atoms with Crippen molar-refractivity contribution in [3.05, 3.63) is 237 Å². The zero-order chi connectivity index (χ0) is 43.6. The molecule has 2 aromatic heterocycles. The summed E-state index contributed by atoms with van der Waals surface area (Å²) >= 11 is 0. The lowest BCUT2D eigenvalue weighted by molar-refractivity contribution is 1.18. The molecular weight excluding hydrogens is 799 g/mol. The van der Waals surface area contributed by atoms with Gasteiger partial charge in [0, 0.05) is 40.0 Å². The van der Waals surface area contributed by atoms with Gasteiger partial charge < -0.3 is 0 Å². The van der Waals surface area contributed by atoms with Gasteiger partial charge >= 0.3 is 0 Å². The highest BCUT2D eigenvalue weighted by Crippen LogP contribution is 2.58. The molecule has 1 aliphatic rings. The van der Waals surface area contributed by atoms with Crippen LogP contribution in [-0.4, -0.2) is 15.0 Å². The van der Waals surface area contributed by atoms with Crippen LogP contribution in [0.4, 0.5) is 0 Å². The Balaban J connectivity index is 0.927. The molecule has 0 saturated carbocycles. The normalized spacial score (nSPS) is 11.6. The van der Waals surface area contributed by atoms with Crippen LogP contribution in [0.3, 0.4) is 0 Å². The van der Waals surface area contributed by atoms with Crippen LogP contribution in [0.25, 0.3) is 133 Å². The Hall–Kier alpha value is -8.79.